The van der Waals surface area contributed by atoms with Gasteiger partial charge in [-0.05, 0) is 0 Å². The van der Waals surface area contributed by atoms with Gasteiger partial charge in [0.15, 0.2) is 0 Å². The second-order valence-corrected chi connectivity index (χ2v) is 3.84. The van der Waals surface area contributed by atoms with E-state index in [-0.39, 0.29) is 5.02 Å². The molecular weight excluding hydrogens is 261 g/mol. The van der Waals surface area contributed by atoms with Crippen molar-refractivity contribution < 1.29 is 23.1 Å². The zero-order valence-electron chi connectivity index (χ0n) is 8.57. The van der Waals surface area contributed by atoms with Gasteiger partial charge in [-0.25, -0.2) is 9.97 Å². The second-order valence-electron chi connectivity index (χ2n) is 3.41. The lowest BCUT2D eigenvalue weighted by Gasteiger charge is -2.21. The van der Waals surface area contributed by atoms with Crippen molar-refractivity contribution in [2.75, 3.05) is 0 Å². The maximum absolute atomic E-state index is 12.5. The fourth-order valence-electron chi connectivity index (χ4n) is 1.22. The number of aliphatic carboxylic acids is 1. The van der Waals surface area contributed by atoms with Crippen molar-refractivity contribution in [3.8, 4) is 0 Å². The average molecular weight is 269 g/mol. The largest absolute Gasteiger partial charge is 0.481 e. The zero-order valence-corrected chi connectivity index (χ0v) is 9.33. The minimum atomic E-state index is -4.63. The number of alkyl halides is 3. The van der Waals surface area contributed by atoms with E-state index in [1.165, 1.54) is 0 Å². The standard InChI is InChI=1S/C9H8ClF3N2O2/c1-4(9(11,12)13)6(8(16)17)7-14-2-5(10)3-15-7/h2-4,6H,1H3,(H,16,17). The number of carbonyl (C=O) groups is 1. The molecule has 0 aliphatic heterocycles. The number of carboxylic acid groups (broad SMARTS) is 1. The fourth-order valence-corrected chi connectivity index (χ4v) is 1.32. The molecule has 0 radical (unpaired) electrons. The molecule has 0 amide bonds. The summed E-state index contributed by atoms with van der Waals surface area (Å²) < 4.78 is 37.4. The van der Waals surface area contributed by atoms with Gasteiger partial charge in [-0.3, -0.25) is 4.79 Å². The first-order valence-corrected chi connectivity index (χ1v) is 4.88. The van der Waals surface area contributed by atoms with Crippen molar-refractivity contribution in [2.45, 2.75) is 19.0 Å². The third kappa shape index (κ3) is 3.29. The minimum absolute atomic E-state index is 0.123. The Hall–Kier alpha value is -1.37. The Balaban J connectivity index is 3.10. The van der Waals surface area contributed by atoms with E-state index in [2.05, 4.69) is 9.97 Å². The molecular formula is C9H8ClF3N2O2. The Morgan fingerprint density at radius 1 is 1.41 bits per heavy atom. The highest BCUT2D eigenvalue weighted by molar-refractivity contribution is 6.30. The Morgan fingerprint density at radius 3 is 2.24 bits per heavy atom. The van der Waals surface area contributed by atoms with Crippen LogP contribution < -0.4 is 0 Å². The van der Waals surface area contributed by atoms with Crippen molar-refractivity contribution in [3.63, 3.8) is 0 Å². The van der Waals surface area contributed by atoms with Crippen molar-refractivity contribution in [1.29, 1.82) is 0 Å². The molecule has 0 aliphatic carbocycles. The normalized spacial score (nSPS) is 15.4. The first kappa shape index (κ1) is 13.7. The average Bonchev–Trinajstić information content (AvgIpc) is 2.19. The molecule has 1 rings (SSSR count). The molecule has 0 aliphatic rings. The van der Waals surface area contributed by atoms with Crippen LogP contribution >= 0.6 is 11.6 Å². The van der Waals surface area contributed by atoms with Gasteiger partial charge < -0.3 is 5.11 Å². The van der Waals surface area contributed by atoms with E-state index in [9.17, 15) is 18.0 Å². The monoisotopic (exact) mass is 268 g/mol. The summed E-state index contributed by atoms with van der Waals surface area (Å²) in [7, 11) is 0. The van der Waals surface area contributed by atoms with Crippen molar-refractivity contribution in [2.24, 2.45) is 5.92 Å². The smallest absolute Gasteiger partial charge is 0.392 e. The first-order valence-electron chi connectivity index (χ1n) is 4.50. The Morgan fingerprint density at radius 2 is 1.88 bits per heavy atom. The predicted molar refractivity (Wildman–Crippen MR) is 52.6 cm³/mol. The lowest BCUT2D eigenvalue weighted by Crippen LogP contribution is -2.32. The summed E-state index contributed by atoms with van der Waals surface area (Å²) in [5.74, 6) is -5.96. The molecule has 1 heterocycles. The van der Waals surface area contributed by atoms with E-state index in [1.807, 2.05) is 0 Å². The van der Waals surface area contributed by atoms with E-state index in [1.54, 1.807) is 0 Å². The molecule has 0 saturated carbocycles. The molecule has 0 aromatic carbocycles. The molecule has 2 unspecified atom stereocenters. The van der Waals surface area contributed by atoms with E-state index in [4.69, 9.17) is 16.7 Å². The van der Waals surface area contributed by atoms with Gasteiger partial charge in [-0.1, -0.05) is 18.5 Å². The number of nitrogens with zero attached hydrogens (tertiary/aromatic N) is 2. The van der Waals surface area contributed by atoms with Crippen LogP contribution in [0.15, 0.2) is 12.4 Å². The summed E-state index contributed by atoms with van der Waals surface area (Å²) in [6, 6.07) is 0. The van der Waals surface area contributed by atoms with Crippen LogP contribution in [0, 0.1) is 5.92 Å². The van der Waals surface area contributed by atoms with Crippen molar-refractivity contribution >= 4 is 17.6 Å². The lowest BCUT2D eigenvalue weighted by molar-refractivity contribution is -0.184. The van der Waals surface area contributed by atoms with Gasteiger partial charge >= 0.3 is 12.1 Å². The van der Waals surface area contributed by atoms with Crippen LogP contribution in [0.2, 0.25) is 5.02 Å². The summed E-state index contributed by atoms with van der Waals surface area (Å²) in [6.45, 7) is 0.775. The summed E-state index contributed by atoms with van der Waals surface area (Å²) in [5, 5.41) is 8.94. The fraction of sp³-hybridized carbons (Fsp3) is 0.444. The number of halogens is 4. The van der Waals surface area contributed by atoms with Crippen molar-refractivity contribution in [1.82, 2.24) is 9.97 Å². The SMILES string of the molecule is CC(C(C(=O)O)c1ncc(Cl)cn1)C(F)(F)F. The molecule has 94 valence electrons. The Kier molecular flexibility index (Phi) is 3.92. The van der Waals surface area contributed by atoms with Crippen LogP contribution in [0.5, 0.6) is 0 Å². The van der Waals surface area contributed by atoms with Gasteiger partial charge in [-0.2, -0.15) is 13.2 Å². The second kappa shape index (κ2) is 4.87. The quantitative estimate of drug-likeness (QED) is 0.915. The molecule has 8 heteroatoms. The molecule has 0 spiro atoms. The number of hydrogen-bond donors (Lipinski definition) is 1. The van der Waals surface area contributed by atoms with E-state index < -0.39 is 29.8 Å². The van der Waals surface area contributed by atoms with Crippen molar-refractivity contribution in [3.05, 3.63) is 23.2 Å². The van der Waals surface area contributed by atoms with Gasteiger partial charge in [0, 0.05) is 12.4 Å². The Bertz CT molecular complexity index is 408. The maximum atomic E-state index is 12.5. The van der Waals surface area contributed by atoms with Gasteiger partial charge in [-0.15, -0.1) is 0 Å². The summed E-state index contributed by atoms with van der Waals surface area (Å²) in [6.07, 6.45) is -2.52. The molecule has 1 N–H and O–H groups in total. The number of carboxylic acids is 1. The van der Waals surface area contributed by atoms with E-state index in [0.717, 1.165) is 19.3 Å². The van der Waals surface area contributed by atoms with Crippen LogP contribution in [-0.4, -0.2) is 27.2 Å². The summed E-state index contributed by atoms with van der Waals surface area (Å²) in [5.41, 5.74) is 0. The number of hydrogen-bond acceptors (Lipinski definition) is 3. The van der Waals surface area contributed by atoms with Gasteiger partial charge in [0.05, 0.1) is 10.9 Å². The number of aromatic nitrogens is 2. The van der Waals surface area contributed by atoms with E-state index in [0.29, 0.717) is 0 Å². The Labute approximate surface area is 99.5 Å². The number of rotatable bonds is 3. The molecule has 0 saturated heterocycles. The summed E-state index contributed by atoms with van der Waals surface area (Å²) >= 11 is 5.47. The molecule has 1 aromatic rings. The molecule has 0 bridgehead atoms. The molecule has 1 aromatic heterocycles. The predicted octanol–water partition coefficient (Wildman–Crippen LogP) is 2.50. The van der Waals surface area contributed by atoms with Gasteiger partial charge in [0.25, 0.3) is 0 Å². The van der Waals surface area contributed by atoms with Crippen LogP contribution in [0.4, 0.5) is 13.2 Å². The first-order chi connectivity index (χ1) is 7.73. The third-order valence-electron chi connectivity index (χ3n) is 2.20. The highest BCUT2D eigenvalue weighted by Gasteiger charge is 2.46. The van der Waals surface area contributed by atoms with Crippen LogP contribution in [-0.2, 0) is 4.79 Å². The topological polar surface area (TPSA) is 63.1 Å². The third-order valence-corrected chi connectivity index (χ3v) is 2.40. The zero-order chi connectivity index (χ0) is 13.2. The molecule has 4 nitrogen and oxygen atoms in total. The van der Waals surface area contributed by atoms with Crippen LogP contribution in [0.1, 0.15) is 18.7 Å². The highest BCUT2D eigenvalue weighted by Crippen LogP contribution is 2.36. The molecule has 17 heavy (non-hydrogen) atoms. The molecule has 0 fully saturated rings. The maximum Gasteiger partial charge on any atom is 0.392 e. The lowest BCUT2D eigenvalue weighted by atomic mass is 9.92. The van der Waals surface area contributed by atoms with Crippen LogP contribution in [0.25, 0.3) is 0 Å². The van der Waals surface area contributed by atoms with Crippen LogP contribution in [0.3, 0.4) is 0 Å². The molecule has 2 atom stereocenters. The summed E-state index contributed by atoms with van der Waals surface area (Å²) in [4.78, 5) is 17.9. The minimum Gasteiger partial charge on any atom is -0.481 e. The van der Waals surface area contributed by atoms with Gasteiger partial charge in [0.2, 0.25) is 0 Å². The highest BCUT2D eigenvalue weighted by atomic mass is 35.5. The van der Waals surface area contributed by atoms with E-state index >= 15 is 0 Å². The van der Waals surface area contributed by atoms with Gasteiger partial charge in [0.1, 0.15) is 11.7 Å².